The molecule has 0 amide bonds. The van der Waals surface area contributed by atoms with Gasteiger partial charge in [-0.3, -0.25) is 0 Å². The van der Waals surface area contributed by atoms with Crippen molar-refractivity contribution in [3.63, 3.8) is 0 Å². The minimum atomic E-state index is -4.30. The molecule has 1 aromatic rings. The third-order valence-electron chi connectivity index (χ3n) is 2.74. The molecular weight excluding hydrogens is 231 g/mol. The molecule has 1 aromatic carbocycles. The van der Waals surface area contributed by atoms with Crippen molar-refractivity contribution in [3.05, 3.63) is 35.4 Å². The number of morpholine rings is 1. The van der Waals surface area contributed by atoms with E-state index in [2.05, 4.69) is 5.32 Å². The molecule has 0 saturated carbocycles. The van der Waals surface area contributed by atoms with Crippen LogP contribution in [-0.4, -0.2) is 19.2 Å². The molecule has 17 heavy (non-hydrogen) atoms. The van der Waals surface area contributed by atoms with Gasteiger partial charge in [0.05, 0.1) is 17.8 Å². The predicted molar refractivity (Wildman–Crippen MR) is 57.6 cm³/mol. The molecule has 0 aromatic heterocycles. The van der Waals surface area contributed by atoms with Gasteiger partial charge in [-0.05, 0) is 24.6 Å². The normalized spacial score (nSPS) is 25.9. The number of halogens is 3. The Kier molecular flexibility index (Phi) is 3.40. The van der Waals surface area contributed by atoms with Crippen molar-refractivity contribution in [2.24, 2.45) is 0 Å². The van der Waals surface area contributed by atoms with Crippen molar-refractivity contribution in [3.8, 4) is 0 Å². The maximum absolute atomic E-state index is 12.6. The summed E-state index contributed by atoms with van der Waals surface area (Å²) in [6.07, 6.45) is -4.59. The van der Waals surface area contributed by atoms with Crippen LogP contribution in [0.15, 0.2) is 24.3 Å². The van der Waals surface area contributed by atoms with Gasteiger partial charge < -0.3 is 10.1 Å². The van der Waals surface area contributed by atoms with Crippen LogP contribution in [0.25, 0.3) is 0 Å². The average molecular weight is 245 g/mol. The largest absolute Gasteiger partial charge is 0.416 e. The average Bonchev–Trinajstić information content (AvgIpc) is 2.28. The first kappa shape index (κ1) is 12.4. The third-order valence-corrected chi connectivity index (χ3v) is 2.74. The SMILES string of the molecule is C[C@@H]1CNC[C@@H](c2cccc(C(F)(F)F)c2)O1. The molecule has 0 unspecified atom stereocenters. The number of rotatable bonds is 1. The second-order valence-electron chi connectivity index (χ2n) is 4.22. The molecule has 1 aliphatic rings. The maximum Gasteiger partial charge on any atom is 0.416 e. The van der Waals surface area contributed by atoms with Crippen LogP contribution in [0.2, 0.25) is 0 Å². The molecule has 0 bridgehead atoms. The van der Waals surface area contributed by atoms with Crippen molar-refractivity contribution in [1.82, 2.24) is 5.32 Å². The molecule has 5 heteroatoms. The van der Waals surface area contributed by atoms with Crippen molar-refractivity contribution in [2.75, 3.05) is 13.1 Å². The number of hydrogen-bond acceptors (Lipinski definition) is 2. The summed E-state index contributed by atoms with van der Waals surface area (Å²) in [4.78, 5) is 0. The lowest BCUT2D eigenvalue weighted by Gasteiger charge is -2.29. The lowest BCUT2D eigenvalue weighted by atomic mass is 10.0. The van der Waals surface area contributed by atoms with Gasteiger partial charge in [0.2, 0.25) is 0 Å². The Labute approximate surface area is 97.8 Å². The Morgan fingerprint density at radius 2 is 2.06 bits per heavy atom. The highest BCUT2D eigenvalue weighted by molar-refractivity contribution is 5.27. The van der Waals surface area contributed by atoms with Gasteiger partial charge in [0.25, 0.3) is 0 Å². The lowest BCUT2D eigenvalue weighted by molar-refractivity contribution is -0.137. The number of alkyl halides is 3. The highest BCUT2D eigenvalue weighted by atomic mass is 19.4. The third kappa shape index (κ3) is 2.98. The zero-order chi connectivity index (χ0) is 12.5. The van der Waals surface area contributed by atoms with Crippen molar-refractivity contribution < 1.29 is 17.9 Å². The highest BCUT2D eigenvalue weighted by Crippen LogP contribution is 2.31. The minimum absolute atomic E-state index is 0.0169. The van der Waals surface area contributed by atoms with Crippen LogP contribution in [0, 0.1) is 0 Å². The zero-order valence-electron chi connectivity index (χ0n) is 9.42. The highest BCUT2D eigenvalue weighted by Gasteiger charge is 2.31. The first-order valence-corrected chi connectivity index (χ1v) is 5.50. The fourth-order valence-corrected chi connectivity index (χ4v) is 1.91. The van der Waals surface area contributed by atoms with Gasteiger partial charge in [-0.15, -0.1) is 0 Å². The molecule has 1 aliphatic heterocycles. The Morgan fingerprint density at radius 1 is 1.29 bits per heavy atom. The number of ether oxygens (including phenoxy) is 1. The van der Waals surface area contributed by atoms with E-state index in [-0.39, 0.29) is 12.2 Å². The van der Waals surface area contributed by atoms with Crippen LogP contribution >= 0.6 is 0 Å². The second-order valence-corrected chi connectivity index (χ2v) is 4.22. The standard InChI is InChI=1S/C12H14F3NO/c1-8-6-16-7-11(17-8)9-3-2-4-10(5-9)12(13,14)15/h2-5,8,11,16H,6-7H2,1H3/t8-,11+/m1/s1. The summed E-state index contributed by atoms with van der Waals surface area (Å²) in [5.41, 5.74) is -0.0595. The van der Waals surface area contributed by atoms with Gasteiger partial charge in [-0.1, -0.05) is 12.1 Å². The van der Waals surface area contributed by atoms with Crippen molar-refractivity contribution in [2.45, 2.75) is 25.3 Å². The molecule has 1 heterocycles. The van der Waals surface area contributed by atoms with Crippen LogP contribution in [-0.2, 0) is 10.9 Å². The summed E-state index contributed by atoms with van der Waals surface area (Å²) in [7, 11) is 0. The van der Waals surface area contributed by atoms with E-state index >= 15 is 0 Å². The number of nitrogens with one attached hydrogen (secondary N) is 1. The fourth-order valence-electron chi connectivity index (χ4n) is 1.91. The zero-order valence-corrected chi connectivity index (χ0v) is 9.42. The molecule has 94 valence electrons. The van der Waals surface area contributed by atoms with Crippen LogP contribution in [0.3, 0.4) is 0 Å². The topological polar surface area (TPSA) is 21.3 Å². The summed E-state index contributed by atoms with van der Waals surface area (Å²) in [6.45, 7) is 3.17. The quantitative estimate of drug-likeness (QED) is 0.821. The van der Waals surface area contributed by atoms with Crippen LogP contribution in [0.5, 0.6) is 0 Å². The molecule has 2 nitrogen and oxygen atoms in total. The number of hydrogen-bond donors (Lipinski definition) is 1. The van der Waals surface area contributed by atoms with Crippen LogP contribution in [0.1, 0.15) is 24.2 Å². The first-order chi connectivity index (χ1) is 7.97. The maximum atomic E-state index is 12.6. The van der Waals surface area contributed by atoms with Gasteiger partial charge in [0.1, 0.15) is 0 Å². The molecule has 2 rings (SSSR count). The van der Waals surface area contributed by atoms with E-state index in [1.807, 2.05) is 6.92 Å². The second kappa shape index (κ2) is 4.66. The Bertz CT molecular complexity index is 392. The molecule has 0 radical (unpaired) electrons. The fraction of sp³-hybridized carbons (Fsp3) is 0.500. The van der Waals surface area contributed by atoms with E-state index in [9.17, 15) is 13.2 Å². The Balaban J connectivity index is 2.21. The summed E-state index contributed by atoms with van der Waals surface area (Å²) in [5.74, 6) is 0. The Hall–Kier alpha value is -1.07. The lowest BCUT2D eigenvalue weighted by Crippen LogP contribution is -2.38. The van der Waals surface area contributed by atoms with E-state index in [0.717, 1.165) is 18.7 Å². The van der Waals surface area contributed by atoms with E-state index in [1.54, 1.807) is 6.07 Å². The Morgan fingerprint density at radius 3 is 2.71 bits per heavy atom. The minimum Gasteiger partial charge on any atom is -0.368 e. The predicted octanol–water partition coefficient (Wildman–Crippen LogP) is 2.75. The van der Waals surface area contributed by atoms with E-state index < -0.39 is 11.7 Å². The number of benzene rings is 1. The summed E-state index contributed by atoms with van der Waals surface area (Å²) >= 11 is 0. The van der Waals surface area contributed by atoms with Crippen molar-refractivity contribution >= 4 is 0 Å². The molecule has 0 aliphatic carbocycles. The first-order valence-electron chi connectivity index (χ1n) is 5.50. The molecule has 1 N–H and O–H groups in total. The van der Waals surface area contributed by atoms with Crippen molar-refractivity contribution in [1.29, 1.82) is 0 Å². The van der Waals surface area contributed by atoms with Gasteiger partial charge in [-0.2, -0.15) is 13.2 Å². The molecular formula is C12H14F3NO. The summed E-state index contributed by atoms with van der Waals surface area (Å²) < 4.78 is 43.3. The molecule has 2 atom stereocenters. The molecule has 1 fully saturated rings. The van der Waals surface area contributed by atoms with E-state index in [1.165, 1.54) is 6.07 Å². The van der Waals surface area contributed by atoms with Crippen LogP contribution < -0.4 is 5.32 Å². The summed E-state index contributed by atoms with van der Waals surface area (Å²) in [5, 5.41) is 3.14. The van der Waals surface area contributed by atoms with E-state index in [4.69, 9.17) is 4.74 Å². The monoisotopic (exact) mass is 245 g/mol. The van der Waals surface area contributed by atoms with Crippen LogP contribution in [0.4, 0.5) is 13.2 Å². The molecule has 0 spiro atoms. The van der Waals surface area contributed by atoms with Gasteiger partial charge >= 0.3 is 6.18 Å². The smallest absolute Gasteiger partial charge is 0.368 e. The van der Waals surface area contributed by atoms with Gasteiger partial charge in [0, 0.05) is 13.1 Å². The van der Waals surface area contributed by atoms with E-state index in [0.29, 0.717) is 12.1 Å². The van der Waals surface area contributed by atoms with Gasteiger partial charge in [-0.25, -0.2) is 0 Å². The molecule has 1 saturated heterocycles. The summed E-state index contributed by atoms with van der Waals surface area (Å²) in [6, 6.07) is 5.31. The van der Waals surface area contributed by atoms with Gasteiger partial charge in [0.15, 0.2) is 0 Å².